The van der Waals surface area contributed by atoms with Crippen molar-refractivity contribution in [2.75, 3.05) is 6.61 Å². The highest BCUT2D eigenvalue weighted by atomic mass is 79.9. The van der Waals surface area contributed by atoms with E-state index in [2.05, 4.69) is 20.9 Å². The van der Waals surface area contributed by atoms with Crippen molar-refractivity contribution in [2.45, 2.75) is 32.8 Å². The fraction of sp³-hybridized carbons (Fsp3) is 0.333. The number of hydrogen-bond donors (Lipinski definition) is 0. The Morgan fingerprint density at radius 3 is 2.83 bits per heavy atom. The molecule has 6 heteroatoms. The van der Waals surface area contributed by atoms with Gasteiger partial charge in [-0.25, -0.2) is 4.39 Å². The summed E-state index contributed by atoms with van der Waals surface area (Å²) in [5.74, 6) is 0.130. The van der Waals surface area contributed by atoms with Crippen LogP contribution in [0.4, 0.5) is 4.39 Å². The Hall–Kier alpha value is -1.95. The van der Waals surface area contributed by atoms with Crippen LogP contribution in [-0.2, 0) is 22.6 Å². The number of pyridine rings is 1. The maximum Gasteiger partial charge on any atom is 0.305 e. The van der Waals surface area contributed by atoms with Gasteiger partial charge in [-0.3, -0.25) is 9.78 Å². The lowest BCUT2D eigenvalue weighted by Crippen LogP contribution is -2.04. The van der Waals surface area contributed by atoms with E-state index in [0.717, 1.165) is 15.7 Å². The smallest absolute Gasteiger partial charge is 0.305 e. The van der Waals surface area contributed by atoms with Gasteiger partial charge >= 0.3 is 5.97 Å². The number of nitrogens with zero attached hydrogens (tertiary/aromatic N) is 1. The second kappa shape index (κ2) is 9.37. The number of rotatable bonds is 8. The number of halogens is 2. The molecule has 1 heterocycles. The first-order valence-electron chi connectivity index (χ1n) is 7.75. The number of hydrogen-bond acceptors (Lipinski definition) is 4. The maximum absolute atomic E-state index is 13.2. The van der Waals surface area contributed by atoms with Crippen molar-refractivity contribution in [2.24, 2.45) is 0 Å². The summed E-state index contributed by atoms with van der Waals surface area (Å²) in [5.41, 5.74) is 1.62. The average Bonchev–Trinajstić information content (AvgIpc) is 2.57. The van der Waals surface area contributed by atoms with Crippen molar-refractivity contribution in [3.63, 3.8) is 0 Å². The van der Waals surface area contributed by atoms with Crippen molar-refractivity contribution in [3.8, 4) is 5.75 Å². The van der Waals surface area contributed by atoms with Crippen molar-refractivity contribution in [3.05, 3.63) is 58.1 Å². The predicted molar refractivity (Wildman–Crippen MR) is 92.2 cm³/mol. The lowest BCUT2D eigenvalue weighted by molar-refractivity contribution is -0.143. The van der Waals surface area contributed by atoms with E-state index in [1.54, 1.807) is 19.2 Å². The molecule has 1 aromatic carbocycles. The Balaban J connectivity index is 1.81. The molecule has 0 amide bonds. The molecule has 0 bridgehead atoms. The van der Waals surface area contributed by atoms with Gasteiger partial charge in [0.15, 0.2) is 0 Å². The van der Waals surface area contributed by atoms with Gasteiger partial charge in [0, 0.05) is 22.2 Å². The van der Waals surface area contributed by atoms with Crippen molar-refractivity contribution in [1.29, 1.82) is 0 Å². The predicted octanol–water partition coefficient (Wildman–Crippen LogP) is 4.45. The molecular formula is C18H19BrFNO3. The average molecular weight is 396 g/mol. The molecule has 0 atom stereocenters. The zero-order valence-corrected chi connectivity index (χ0v) is 15.0. The highest BCUT2D eigenvalue weighted by Gasteiger charge is 2.05. The Labute approximate surface area is 149 Å². The second-order valence-electron chi connectivity index (χ2n) is 5.17. The molecule has 0 N–H and O–H groups in total. The number of aromatic nitrogens is 1. The quantitative estimate of drug-likeness (QED) is 0.619. The molecule has 0 fully saturated rings. The van der Waals surface area contributed by atoms with Gasteiger partial charge in [-0.05, 0) is 50.1 Å². The zero-order chi connectivity index (χ0) is 17.4. The van der Waals surface area contributed by atoms with Gasteiger partial charge < -0.3 is 9.47 Å². The largest absolute Gasteiger partial charge is 0.487 e. The Morgan fingerprint density at radius 2 is 2.12 bits per heavy atom. The summed E-state index contributed by atoms with van der Waals surface area (Å²) < 4.78 is 24.5. The van der Waals surface area contributed by atoms with Gasteiger partial charge in [0.2, 0.25) is 0 Å². The zero-order valence-electron chi connectivity index (χ0n) is 13.4. The first-order chi connectivity index (χ1) is 11.6. The molecule has 128 valence electrons. The number of benzene rings is 1. The molecule has 0 radical (unpaired) electrons. The normalized spacial score (nSPS) is 10.5. The van der Waals surface area contributed by atoms with E-state index in [0.29, 0.717) is 31.6 Å². The molecule has 0 saturated heterocycles. The fourth-order valence-corrected chi connectivity index (χ4v) is 2.47. The number of ether oxygens (including phenoxy) is 2. The van der Waals surface area contributed by atoms with Crippen molar-refractivity contribution < 1.29 is 18.7 Å². The van der Waals surface area contributed by atoms with Crippen LogP contribution < -0.4 is 4.74 Å². The fourth-order valence-electron chi connectivity index (χ4n) is 2.11. The van der Waals surface area contributed by atoms with E-state index in [9.17, 15) is 9.18 Å². The minimum absolute atomic E-state index is 0.182. The SMILES string of the molecule is CCOC(=O)CCCc1ccc(OCc2cc(F)ccc2Br)cn1. The molecule has 0 spiro atoms. The number of carbonyl (C=O) groups is 1. The summed E-state index contributed by atoms with van der Waals surface area (Å²) in [6.45, 7) is 2.45. The maximum atomic E-state index is 13.2. The molecule has 0 saturated carbocycles. The lowest BCUT2D eigenvalue weighted by Gasteiger charge is -2.08. The van der Waals surface area contributed by atoms with E-state index < -0.39 is 0 Å². The third kappa shape index (κ3) is 5.92. The van der Waals surface area contributed by atoms with E-state index in [1.165, 1.54) is 12.1 Å². The second-order valence-corrected chi connectivity index (χ2v) is 6.02. The standard InChI is InChI=1S/C18H19BrFNO3/c1-2-23-18(22)5-3-4-15-7-8-16(11-21-15)24-12-13-10-14(20)6-9-17(13)19/h6-11H,2-5,12H2,1H3. The lowest BCUT2D eigenvalue weighted by atomic mass is 10.2. The minimum Gasteiger partial charge on any atom is -0.487 e. The highest BCUT2D eigenvalue weighted by molar-refractivity contribution is 9.10. The highest BCUT2D eigenvalue weighted by Crippen LogP contribution is 2.20. The van der Waals surface area contributed by atoms with Crippen LogP contribution in [0.1, 0.15) is 31.0 Å². The van der Waals surface area contributed by atoms with E-state index in [-0.39, 0.29) is 18.4 Å². The molecule has 0 aliphatic heterocycles. The van der Waals surface area contributed by atoms with Gasteiger partial charge in [-0.2, -0.15) is 0 Å². The first kappa shape index (κ1) is 18.4. The van der Waals surface area contributed by atoms with Gasteiger partial charge in [0.1, 0.15) is 18.2 Å². The van der Waals surface area contributed by atoms with E-state index >= 15 is 0 Å². The molecule has 24 heavy (non-hydrogen) atoms. The molecule has 0 aliphatic carbocycles. The van der Waals surface area contributed by atoms with Crippen LogP contribution in [0.2, 0.25) is 0 Å². The third-order valence-electron chi connectivity index (χ3n) is 3.32. The van der Waals surface area contributed by atoms with Crippen molar-refractivity contribution >= 4 is 21.9 Å². The van der Waals surface area contributed by atoms with E-state index in [4.69, 9.17) is 9.47 Å². The van der Waals surface area contributed by atoms with E-state index in [1.807, 2.05) is 12.1 Å². The number of carbonyl (C=O) groups excluding carboxylic acids is 1. The molecule has 0 unspecified atom stereocenters. The molecule has 2 rings (SSSR count). The summed E-state index contributed by atoms with van der Waals surface area (Å²) in [6.07, 6.45) is 3.42. The number of aryl methyl sites for hydroxylation is 1. The monoisotopic (exact) mass is 395 g/mol. The molecule has 0 aliphatic rings. The first-order valence-corrected chi connectivity index (χ1v) is 8.55. The summed E-state index contributed by atoms with van der Waals surface area (Å²) >= 11 is 3.37. The van der Waals surface area contributed by atoms with Crippen LogP contribution in [0.25, 0.3) is 0 Å². The molecular weight excluding hydrogens is 377 g/mol. The van der Waals surface area contributed by atoms with Gasteiger partial charge in [0.05, 0.1) is 12.8 Å². The van der Waals surface area contributed by atoms with Crippen LogP contribution in [0.5, 0.6) is 5.75 Å². The number of esters is 1. The van der Waals surface area contributed by atoms with Gasteiger partial charge in [0.25, 0.3) is 0 Å². The van der Waals surface area contributed by atoms with Crippen LogP contribution >= 0.6 is 15.9 Å². The topological polar surface area (TPSA) is 48.4 Å². The molecule has 1 aromatic heterocycles. The van der Waals surface area contributed by atoms with Gasteiger partial charge in [-0.1, -0.05) is 15.9 Å². The van der Waals surface area contributed by atoms with Crippen LogP contribution in [0.15, 0.2) is 41.0 Å². The van der Waals surface area contributed by atoms with Crippen molar-refractivity contribution in [1.82, 2.24) is 4.98 Å². The Morgan fingerprint density at radius 1 is 1.29 bits per heavy atom. The summed E-state index contributed by atoms with van der Waals surface area (Å²) in [4.78, 5) is 15.6. The van der Waals surface area contributed by atoms with Crippen LogP contribution in [-0.4, -0.2) is 17.6 Å². The Kier molecular flexibility index (Phi) is 7.18. The summed E-state index contributed by atoms with van der Waals surface area (Å²) in [5, 5.41) is 0. The molecule has 4 nitrogen and oxygen atoms in total. The molecule has 2 aromatic rings. The van der Waals surface area contributed by atoms with Crippen LogP contribution in [0, 0.1) is 5.82 Å². The third-order valence-corrected chi connectivity index (χ3v) is 4.09. The van der Waals surface area contributed by atoms with Gasteiger partial charge in [-0.15, -0.1) is 0 Å². The summed E-state index contributed by atoms with van der Waals surface area (Å²) in [6, 6.07) is 8.15. The van der Waals surface area contributed by atoms with Crippen LogP contribution in [0.3, 0.4) is 0 Å². The summed E-state index contributed by atoms with van der Waals surface area (Å²) in [7, 11) is 0. The Bertz CT molecular complexity index is 676. The minimum atomic E-state index is -0.299.